The van der Waals surface area contributed by atoms with Crippen LogP contribution in [0.5, 0.6) is 0 Å². The van der Waals surface area contributed by atoms with Crippen LogP contribution in [0.1, 0.15) is 25.0 Å². The van der Waals surface area contributed by atoms with Crippen LogP contribution < -0.4 is 0 Å². The molecule has 25 heavy (non-hydrogen) atoms. The molecule has 0 unspecified atom stereocenters. The highest BCUT2D eigenvalue weighted by molar-refractivity contribution is 5.86. The van der Waals surface area contributed by atoms with E-state index < -0.39 is 0 Å². The molecule has 0 heterocycles. The lowest BCUT2D eigenvalue weighted by Gasteiger charge is -2.26. The van der Waals surface area contributed by atoms with Gasteiger partial charge in [0.1, 0.15) is 0 Å². The summed E-state index contributed by atoms with van der Waals surface area (Å²) in [6.45, 7) is 4.77. The third-order valence-corrected chi connectivity index (χ3v) is 5.10. The zero-order chi connectivity index (χ0) is 17.3. The first-order chi connectivity index (χ1) is 12.1. The monoisotopic (exact) mass is 324 g/mol. The van der Waals surface area contributed by atoms with Gasteiger partial charge >= 0.3 is 0 Å². The van der Waals surface area contributed by atoms with Crippen LogP contribution in [0.2, 0.25) is 0 Å². The lowest BCUT2D eigenvalue weighted by molar-refractivity contribution is 0.363. The van der Waals surface area contributed by atoms with E-state index in [9.17, 15) is 0 Å². The van der Waals surface area contributed by atoms with Crippen molar-refractivity contribution < 1.29 is 0 Å². The van der Waals surface area contributed by atoms with Crippen LogP contribution in [-0.2, 0) is 12.8 Å². The molecule has 0 nitrogen and oxygen atoms in total. The van der Waals surface area contributed by atoms with Crippen LogP contribution in [-0.4, -0.2) is 0 Å². The fourth-order valence-corrected chi connectivity index (χ4v) is 3.99. The predicted molar refractivity (Wildman–Crippen MR) is 109 cm³/mol. The number of hydrogen-bond acceptors (Lipinski definition) is 0. The van der Waals surface area contributed by atoms with Gasteiger partial charge in [0.05, 0.1) is 0 Å². The average Bonchev–Trinajstić information content (AvgIpc) is 2.62. The summed E-state index contributed by atoms with van der Waals surface area (Å²) in [5, 5.41) is 5.44. The standard InChI is InChI=1S/C25H24/c1-25(2,17-21-13-7-11-19-9-3-5-15-23(19)21)18-22-14-8-12-20-10-4-6-16-24(20)22/h3-16H,17-18H2,1-2H3. The molecular weight excluding hydrogens is 300 g/mol. The normalized spacial score (nSPS) is 11.9. The summed E-state index contributed by atoms with van der Waals surface area (Å²) in [5.41, 5.74) is 3.10. The molecule has 0 heteroatoms. The fourth-order valence-electron chi connectivity index (χ4n) is 3.99. The Bertz CT molecular complexity index is 930. The van der Waals surface area contributed by atoms with Gasteiger partial charge in [-0.2, -0.15) is 0 Å². The summed E-state index contributed by atoms with van der Waals surface area (Å²) < 4.78 is 0. The number of hydrogen-bond donors (Lipinski definition) is 0. The van der Waals surface area contributed by atoms with E-state index in [1.807, 2.05) is 0 Å². The van der Waals surface area contributed by atoms with Crippen molar-refractivity contribution in [1.29, 1.82) is 0 Å². The highest BCUT2D eigenvalue weighted by Gasteiger charge is 2.21. The molecule has 0 aliphatic heterocycles. The highest BCUT2D eigenvalue weighted by Crippen LogP contribution is 2.32. The van der Waals surface area contributed by atoms with Crippen LogP contribution >= 0.6 is 0 Å². The second-order valence-corrected chi connectivity index (χ2v) is 7.79. The van der Waals surface area contributed by atoms with Crippen molar-refractivity contribution in [3.05, 3.63) is 96.1 Å². The molecule has 0 aromatic heterocycles. The van der Waals surface area contributed by atoms with Gasteiger partial charge in [-0.25, -0.2) is 0 Å². The van der Waals surface area contributed by atoms with E-state index in [-0.39, 0.29) is 5.41 Å². The second-order valence-electron chi connectivity index (χ2n) is 7.79. The van der Waals surface area contributed by atoms with Crippen molar-refractivity contribution in [2.75, 3.05) is 0 Å². The Morgan fingerprint density at radius 2 is 0.920 bits per heavy atom. The molecule has 0 aliphatic rings. The SMILES string of the molecule is CC(C)(Cc1cccc2ccccc12)Cc1cccc2ccccc12. The third-order valence-electron chi connectivity index (χ3n) is 5.10. The van der Waals surface area contributed by atoms with Crippen molar-refractivity contribution >= 4 is 21.5 Å². The van der Waals surface area contributed by atoms with E-state index in [2.05, 4.69) is 98.8 Å². The van der Waals surface area contributed by atoms with Crippen LogP contribution in [0.3, 0.4) is 0 Å². The first kappa shape index (κ1) is 15.9. The van der Waals surface area contributed by atoms with Gasteiger partial charge in [0.15, 0.2) is 0 Å². The predicted octanol–water partition coefficient (Wildman–Crippen LogP) is 6.80. The van der Waals surface area contributed by atoms with Gasteiger partial charge in [0, 0.05) is 0 Å². The van der Waals surface area contributed by atoms with E-state index in [1.54, 1.807) is 0 Å². The van der Waals surface area contributed by atoms with Crippen LogP contribution in [0, 0.1) is 5.41 Å². The lowest BCUT2D eigenvalue weighted by atomic mass is 9.78. The molecule has 0 atom stereocenters. The van der Waals surface area contributed by atoms with Gasteiger partial charge in [-0.05, 0) is 50.9 Å². The lowest BCUT2D eigenvalue weighted by Crippen LogP contribution is -2.18. The van der Waals surface area contributed by atoms with Gasteiger partial charge in [-0.1, -0.05) is 98.8 Å². The topological polar surface area (TPSA) is 0 Å². The molecule has 0 N–H and O–H groups in total. The summed E-state index contributed by atoms with van der Waals surface area (Å²) >= 11 is 0. The molecule has 0 radical (unpaired) electrons. The summed E-state index contributed by atoms with van der Waals surface area (Å²) in [7, 11) is 0. The number of rotatable bonds is 4. The van der Waals surface area contributed by atoms with E-state index >= 15 is 0 Å². The molecule has 4 aromatic carbocycles. The fraction of sp³-hybridized carbons (Fsp3) is 0.200. The minimum absolute atomic E-state index is 0.203. The van der Waals surface area contributed by atoms with Gasteiger partial charge < -0.3 is 0 Å². The van der Waals surface area contributed by atoms with Gasteiger partial charge in [0.25, 0.3) is 0 Å². The van der Waals surface area contributed by atoms with Crippen molar-refractivity contribution in [3.8, 4) is 0 Å². The van der Waals surface area contributed by atoms with Crippen molar-refractivity contribution in [2.45, 2.75) is 26.7 Å². The molecule has 4 rings (SSSR count). The smallest absolute Gasteiger partial charge is 0.0152 e. The molecule has 124 valence electrons. The molecule has 4 aromatic rings. The number of benzene rings is 4. The quantitative estimate of drug-likeness (QED) is 0.387. The molecular formula is C25H24. The van der Waals surface area contributed by atoms with E-state index in [1.165, 1.54) is 32.7 Å². The van der Waals surface area contributed by atoms with E-state index in [0.717, 1.165) is 12.8 Å². The van der Waals surface area contributed by atoms with Crippen molar-refractivity contribution in [1.82, 2.24) is 0 Å². The summed E-state index contributed by atoms with van der Waals surface area (Å²) in [6, 6.07) is 30.8. The first-order valence-corrected chi connectivity index (χ1v) is 9.06. The van der Waals surface area contributed by atoms with Gasteiger partial charge in [0.2, 0.25) is 0 Å². The maximum Gasteiger partial charge on any atom is -0.0152 e. The Hall–Kier alpha value is -2.60. The molecule has 0 amide bonds. The highest BCUT2D eigenvalue weighted by atomic mass is 14.3. The molecule has 0 aliphatic carbocycles. The number of fused-ring (bicyclic) bond motifs is 2. The second kappa shape index (κ2) is 6.37. The van der Waals surface area contributed by atoms with Crippen molar-refractivity contribution in [3.63, 3.8) is 0 Å². The molecule has 0 saturated heterocycles. The Balaban J connectivity index is 1.67. The molecule has 0 fully saturated rings. The maximum absolute atomic E-state index is 2.39. The maximum atomic E-state index is 2.39. The minimum atomic E-state index is 0.203. The Morgan fingerprint density at radius 1 is 0.520 bits per heavy atom. The largest absolute Gasteiger partial charge is 0.0616 e. The van der Waals surface area contributed by atoms with Crippen LogP contribution in [0.15, 0.2) is 84.9 Å². The summed E-state index contributed by atoms with van der Waals surface area (Å²) in [5.74, 6) is 0. The molecule has 0 spiro atoms. The Morgan fingerprint density at radius 3 is 1.40 bits per heavy atom. The van der Waals surface area contributed by atoms with Crippen LogP contribution in [0.25, 0.3) is 21.5 Å². The average molecular weight is 324 g/mol. The zero-order valence-corrected chi connectivity index (χ0v) is 15.0. The summed E-state index contributed by atoms with van der Waals surface area (Å²) in [4.78, 5) is 0. The Labute approximate surface area is 150 Å². The molecule has 0 saturated carbocycles. The molecule has 0 bridgehead atoms. The van der Waals surface area contributed by atoms with Crippen LogP contribution in [0.4, 0.5) is 0 Å². The zero-order valence-electron chi connectivity index (χ0n) is 15.0. The minimum Gasteiger partial charge on any atom is -0.0616 e. The Kier molecular flexibility index (Phi) is 4.05. The van der Waals surface area contributed by atoms with Crippen molar-refractivity contribution in [2.24, 2.45) is 5.41 Å². The third kappa shape index (κ3) is 3.30. The van der Waals surface area contributed by atoms with E-state index in [4.69, 9.17) is 0 Å². The van der Waals surface area contributed by atoms with Gasteiger partial charge in [-0.15, -0.1) is 0 Å². The summed E-state index contributed by atoms with van der Waals surface area (Å²) in [6.07, 6.45) is 2.16. The first-order valence-electron chi connectivity index (χ1n) is 9.06. The van der Waals surface area contributed by atoms with E-state index in [0.29, 0.717) is 0 Å². The van der Waals surface area contributed by atoms with Gasteiger partial charge in [-0.3, -0.25) is 0 Å².